The van der Waals surface area contributed by atoms with E-state index in [1.165, 1.54) is 0 Å². The van der Waals surface area contributed by atoms with Gasteiger partial charge < -0.3 is 4.74 Å². The van der Waals surface area contributed by atoms with E-state index in [4.69, 9.17) is 27.9 Å². The van der Waals surface area contributed by atoms with Crippen LogP contribution in [0.2, 0.25) is 0 Å². The van der Waals surface area contributed by atoms with E-state index < -0.39 is 0 Å². The number of allylic oxidation sites excluding steroid dienone is 1. The average molecular weight is 249 g/mol. The van der Waals surface area contributed by atoms with Gasteiger partial charge in [-0.15, -0.1) is 0 Å². The summed E-state index contributed by atoms with van der Waals surface area (Å²) in [5.74, 6) is -0.291. The molecule has 0 bridgehead atoms. The maximum absolute atomic E-state index is 11.6. The molecule has 84 valence electrons. The van der Waals surface area contributed by atoms with Gasteiger partial charge in [-0.25, -0.2) is 0 Å². The van der Waals surface area contributed by atoms with Gasteiger partial charge in [0.15, 0.2) is 0 Å². The van der Waals surface area contributed by atoms with Crippen molar-refractivity contribution in [3.8, 4) is 0 Å². The molecule has 0 amide bonds. The Bertz CT molecular complexity index is 304. The largest absolute Gasteiger partial charge is 0.461 e. The summed E-state index contributed by atoms with van der Waals surface area (Å²) in [5, 5.41) is 0. The van der Waals surface area contributed by atoms with Gasteiger partial charge in [0.1, 0.15) is 11.1 Å². The number of esters is 1. The zero-order chi connectivity index (χ0) is 11.6. The first-order valence-electron chi connectivity index (χ1n) is 4.71. The zero-order valence-electron chi connectivity index (χ0n) is 8.80. The summed E-state index contributed by atoms with van der Waals surface area (Å²) in [6, 6.07) is 0. The molecule has 0 heterocycles. The molecule has 0 aromatic carbocycles. The molecular formula is C11H14Cl2O2. The number of rotatable bonds is 4. The van der Waals surface area contributed by atoms with Crippen molar-refractivity contribution in [1.29, 1.82) is 0 Å². The van der Waals surface area contributed by atoms with Gasteiger partial charge in [0.05, 0.1) is 5.92 Å². The van der Waals surface area contributed by atoms with Gasteiger partial charge in [-0.2, -0.15) is 0 Å². The van der Waals surface area contributed by atoms with Crippen LogP contribution >= 0.6 is 23.2 Å². The van der Waals surface area contributed by atoms with Crippen LogP contribution < -0.4 is 0 Å². The lowest BCUT2D eigenvalue weighted by molar-refractivity contribution is -0.144. The second-order valence-corrected chi connectivity index (χ2v) is 5.21. The van der Waals surface area contributed by atoms with Crippen LogP contribution in [0, 0.1) is 17.3 Å². The topological polar surface area (TPSA) is 26.3 Å². The molecule has 0 saturated heterocycles. The van der Waals surface area contributed by atoms with Crippen molar-refractivity contribution in [2.24, 2.45) is 17.3 Å². The number of hydrogen-bond acceptors (Lipinski definition) is 2. The van der Waals surface area contributed by atoms with Crippen LogP contribution in [0.3, 0.4) is 0 Å². The summed E-state index contributed by atoms with van der Waals surface area (Å²) < 4.78 is 5.19. The molecule has 1 saturated carbocycles. The van der Waals surface area contributed by atoms with Gasteiger partial charge in [0.2, 0.25) is 0 Å². The number of carbonyl (C=O) groups excluding carboxylic acids is 1. The van der Waals surface area contributed by atoms with E-state index in [2.05, 4.69) is 6.58 Å². The van der Waals surface area contributed by atoms with E-state index in [0.717, 1.165) is 0 Å². The molecule has 4 heteroatoms. The molecule has 2 nitrogen and oxygen atoms in total. The van der Waals surface area contributed by atoms with Gasteiger partial charge in [0, 0.05) is 0 Å². The van der Waals surface area contributed by atoms with Gasteiger partial charge in [-0.1, -0.05) is 49.7 Å². The zero-order valence-corrected chi connectivity index (χ0v) is 10.3. The summed E-state index contributed by atoms with van der Waals surface area (Å²) in [5.41, 5.74) is -0.118. The van der Waals surface area contributed by atoms with Crippen LogP contribution in [-0.4, -0.2) is 12.6 Å². The maximum atomic E-state index is 11.6. The molecule has 0 spiro atoms. The minimum Gasteiger partial charge on any atom is -0.461 e. The first-order chi connectivity index (χ1) is 6.91. The lowest BCUT2D eigenvalue weighted by atomic mass is 10.1. The third-order valence-electron chi connectivity index (χ3n) is 2.81. The Balaban J connectivity index is 2.61. The third-order valence-corrected chi connectivity index (χ3v) is 3.07. The van der Waals surface area contributed by atoms with Gasteiger partial charge in [-0.3, -0.25) is 4.79 Å². The molecule has 0 aromatic rings. The normalized spacial score (nSPS) is 26.7. The fourth-order valence-corrected chi connectivity index (χ4v) is 2.08. The van der Waals surface area contributed by atoms with Crippen molar-refractivity contribution in [2.75, 3.05) is 6.61 Å². The van der Waals surface area contributed by atoms with Crippen LogP contribution in [0.25, 0.3) is 0 Å². The monoisotopic (exact) mass is 248 g/mol. The summed E-state index contributed by atoms with van der Waals surface area (Å²) in [7, 11) is 0. The maximum Gasteiger partial charge on any atom is 0.310 e. The van der Waals surface area contributed by atoms with E-state index in [1.807, 2.05) is 13.8 Å². The third kappa shape index (κ3) is 2.76. The predicted molar refractivity (Wildman–Crippen MR) is 61.7 cm³/mol. The summed E-state index contributed by atoms with van der Waals surface area (Å²) in [6.07, 6.45) is 3.25. The van der Waals surface area contributed by atoms with E-state index in [9.17, 15) is 4.79 Å². The van der Waals surface area contributed by atoms with Crippen LogP contribution in [0.1, 0.15) is 13.8 Å². The van der Waals surface area contributed by atoms with Crippen LogP contribution in [-0.2, 0) is 9.53 Å². The first kappa shape index (κ1) is 12.6. The fraction of sp³-hybridized carbons (Fsp3) is 0.545. The Morgan fingerprint density at radius 2 is 2.13 bits per heavy atom. The molecule has 1 aliphatic rings. The van der Waals surface area contributed by atoms with Crippen LogP contribution in [0.5, 0.6) is 0 Å². The highest BCUT2D eigenvalue weighted by Gasteiger charge is 2.61. The molecule has 1 fully saturated rings. The smallest absolute Gasteiger partial charge is 0.310 e. The fourth-order valence-electron chi connectivity index (χ4n) is 1.81. The Morgan fingerprint density at radius 1 is 1.53 bits per heavy atom. The Kier molecular flexibility index (Phi) is 3.85. The Morgan fingerprint density at radius 3 is 2.60 bits per heavy atom. The Labute approximate surface area is 99.9 Å². The van der Waals surface area contributed by atoms with E-state index >= 15 is 0 Å². The second kappa shape index (κ2) is 4.58. The number of hydrogen-bond donors (Lipinski definition) is 0. The molecule has 2 unspecified atom stereocenters. The summed E-state index contributed by atoms with van der Waals surface area (Å²) >= 11 is 11.1. The molecule has 1 rings (SSSR count). The quantitative estimate of drug-likeness (QED) is 0.564. The van der Waals surface area contributed by atoms with Gasteiger partial charge in [-0.05, 0) is 17.4 Å². The van der Waals surface area contributed by atoms with E-state index in [1.54, 1.807) is 12.2 Å². The highest BCUT2D eigenvalue weighted by atomic mass is 35.5. The van der Waals surface area contributed by atoms with E-state index in [-0.39, 0.29) is 34.3 Å². The minimum absolute atomic E-state index is 0.0693. The SMILES string of the molecule is C=CCOC(=O)C1C(C=C(Cl)Cl)C1(C)C. The van der Waals surface area contributed by atoms with Crippen LogP contribution in [0.15, 0.2) is 23.2 Å². The van der Waals surface area contributed by atoms with Gasteiger partial charge in [0.25, 0.3) is 0 Å². The Hall–Kier alpha value is -0.470. The van der Waals surface area contributed by atoms with Crippen molar-refractivity contribution >= 4 is 29.2 Å². The minimum atomic E-state index is -0.212. The summed E-state index contributed by atoms with van der Waals surface area (Å²) in [4.78, 5) is 11.6. The summed E-state index contributed by atoms with van der Waals surface area (Å²) in [6.45, 7) is 7.71. The molecule has 0 aliphatic heterocycles. The standard InChI is InChI=1S/C11H14Cl2O2/c1-4-5-15-10(14)9-7(6-8(12)13)11(9,2)3/h4,6-7,9H,1,5H2,2-3H3. The number of halogens is 2. The van der Waals surface area contributed by atoms with Crippen molar-refractivity contribution in [2.45, 2.75) is 13.8 Å². The lowest BCUT2D eigenvalue weighted by Crippen LogP contribution is -2.10. The number of ether oxygens (including phenoxy) is 1. The predicted octanol–water partition coefficient (Wildman–Crippen LogP) is 3.31. The van der Waals surface area contributed by atoms with E-state index in [0.29, 0.717) is 0 Å². The molecule has 0 N–H and O–H groups in total. The van der Waals surface area contributed by atoms with Crippen molar-refractivity contribution < 1.29 is 9.53 Å². The second-order valence-electron chi connectivity index (χ2n) is 4.20. The van der Waals surface area contributed by atoms with Crippen molar-refractivity contribution in [1.82, 2.24) is 0 Å². The molecular weight excluding hydrogens is 235 g/mol. The lowest BCUT2D eigenvalue weighted by Gasteiger charge is -2.02. The van der Waals surface area contributed by atoms with Crippen molar-refractivity contribution in [3.05, 3.63) is 23.2 Å². The molecule has 1 aliphatic carbocycles. The highest BCUT2D eigenvalue weighted by Crippen LogP contribution is 2.60. The average Bonchev–Trinajstić information content (AvgIpc) is 2.63. The van der Waals surface area contributed by atoms with Crippen LogP contribution in [0.4, 0.5) is 0 Å². The van der Waals surface area contributed by atoms with Gasteiger partial charge >= 0.3 is 5.97 Å². The first-order valence-corrected chi connectivity index (χ1v) is 5.47. The number of carbonyl (C=O) groups is 1. The molecule has 0 aromatic heterocycles. The highest BCUT2D eigenvalue weighted by molar-refractivity contribution is 6.55. The molecule has 0 radical (unpaired) electrons. The van der Waals surface area contributed by atoms with Crippen molar-refractivity contribution in [3.63, 3.8) is 0 Å². The molecule has 2 atom stereocenters. The molecule has 15 heavy (non-hydrogen) atoms.